The molecule has 2 N–H and O–H groups in total. The van der Waals surface area contributed by atoms with E-state index < -0.39 is 23.5 Å². The molecular weight excluding hydrogens is 275 g/mol. The van der Waals surface area contributed by atoms with E-state index in [1.807, 2.05) is 0 Å². The van der Waals surface area contributed by atoms with Gasteiger partial charge in [-0.3, -0.25) is 0 Å². The summed E-state index contributed by atoms with van der Waals surface area (Å²) in [7, 11) is 0. The van der Waals surface area contributed by atoms with Crippen LogP contribution in [0.4, 0.5) is 13.2 Å². The second kappa shape index (κ2) is 5.63. The van der Waals surface area contributed by atoms with Crippen LogP contribution in [0.2, 0.25) is 5.02 Å². The second-order valence-electron chi connectivity index (χ2n) is 4.22. The minimum absolute atomic E-state index is 0.233. The first-order valence-electron chi connectivity index (χ1n) is 5.62. The lowest BCUT2D eigenvalue weighted by Crippen LogP contribution is -2.17. The van der Waals surface area contributed by atoms with Crippen LogP contribution in [0.3, 0.4) is 0 Å². The van der Waals surface area contributed by atoms with E-state index >= 15 is 0 Å². The number of rotatable bonds is 3. The standard InChI is InChI=1S/C14H11ClF3N/c15-9-3-1-8(2-4-9)5-13(19)14-11(17)6-10(16)7-12(14)18/h1-4,6-7,13H,5,19H2. The average molecular weight is 286 g/mol. The van der Waals surface area contributed by atoms with Crippen molar-refractivity contribution in [1.82, 2.24) is 0 Å². The molecule has 2 aromatic carbocycles. The van der Waals surface area contributed by atoms with Crippen molar-refractivity contribution < 1.29 is 13.2 Å². The van der Waals surface area contributed by atoms with Crippen molar-refractivity contribution in [2.24, 2.45) is 5.73 Å². The lowest BCUT2D eigenvalue weighted by Gasteiger charge is -2.14. The third kappa shape index (κ3) is 3.28. The summed E-state index contributed by atoms with van der Waals surface area (Å²) in [5, 5.41) is 0.566. The fourth-order valence-electron chi connectivity index (χ4n) is 1.88. The molecule has 1 unspecified atom stereocenters. The molecule has 0 aliphatic rings. The Bertz CT molecular complexity index is 561. The molecule has 2 aromatic rings. The highest BCUT2D eigenvalue weighted by atomic mass is 35.5. The van der Waals surface area contributed by atoms with E-state index in [1.165, 1.54) is 0 Å². The van der Waals surface area contributed by atoms with Crippen LogP contribution in [0.15, 0.2) is 36.4 Å². The molecule has 0 aromatic heterocycles. The summed E-state index contributed by atoms with van der Waals surface area (Å²) in [5.74, 6) is -2.91. The van der Waals surface area contributed by atoms with Crippen molar-refractivity contribution in [2.75, 3.05) is 0 Å². The first-order chi connectivity index (χ1) is 8.97. The molecule has 0 heterocycles. The van der Waals surface area contributed by atoms with Gasteiger partial charge in [-0.15, -0.1) is 0 Å². The topological polar surface area (TPSA) is 26.0 Å². The SMILES string of the molecule is NC(Cc1ccc(Cl)cc1)c1c(F)cc(F)cc1F. The third-order valence-electron chi connectivity index (χ3n) is 2.78. The number of nitrogens with two attached hydrogens (primary N) is 1. The summed E-state index contributed by atoms with van der Waals surface area (Å²) in [6.45, 7) is 0. The highest BCUT2D eigenvalue weighted by molar-refractivity contribution is 6.30. The largest absolute Gasteiger partial charge is 0.323 e. The Labute approximate surface area is 113 Å². The fourth-order valence-corrected chi connectivity index (χ4v) is 2.01. The van der Waals surface area contributed by atoms with E-state index in [2.05, 4.69) is 0 Å². The minimum Gasteiger partial charge on any atom is -0.323 e. The molecular formula is C14H11ClF3N. The van der Waals surface area contributed by atoms with Gasteiger partial charge in [-0.25, -0.2) is 13.2 Å². The Morgan fingerprint density at radius 2 is 1.53 bits per heavy atom. The highest BCUT2D eigenvalue weighted by Gasteiger charge is 2.18. The molecule has 5 heteroatoms. The van der Waals surface area contributed by atoms with E-state index in [0.717, 1.165) is 5.56 Å². The van der Waals surface area contributed by atoms with Gasteiger partial charge >= 0.3 is 0 Å². The summed E-state index contributed by atoms with van der Waals surface area (Å²) in [6, 6.07) is 7.15. The van der Waals surface area contributed by atoms with Crippen LogP contribution < -0.4 is 5.73 Å². The van der Waals surface area contributed by atoms with E-state index in [9.17, 15) is 13.2 Å². The highest BCUT2D eigenvalue weighted by Crippen LogP contribution is 2.24. The quantitative estimate of drug-likeness (QED) is 0.906. The maximum Gasteiger partial charge on any atom is 0.133 e. The average Bonchev–Trinajstić information content (AvgIpc) is 2.30. The van der Waals surface area contributed by atoms with Crippen molar-refractivity contribution in [3.8, 4) is 0 Å². The van der Waals surface area contributed by atoms with Gasteiger partial charge < -0.3 is 5.73 Å². The van der Waals surface area contributed by atoms with E-state index in [-0.39, 0.29) is 12.0 Å². The Hall–Kier alpha value is -1.52. The summed E-state index contributed by atoms with van der Waals surface area (Å²) in [6.07, 6.45) is 0.233. The number of benzene rings is 2. The maximum atomic E-state index is 13.5. The molecule has 0 aliphatic heterocycles. The van der Waals surface area contributed by atoms with Crippen molar-refractivity contribution in [1.29, 1.82) is 0 Å². The maximum absolute atomic E-state index is 13.5. The molecule has 19 heavy (non-hydrogen) atoms. The third-order valence-corrected chi connectivity index (χ3v) is 3.04. The molecule has 100 valence electrons. The molecule has 1 atom stereocenters. The molecule has 1 nitrogen and oxygen atoms in total. The van der Waals surface area contributed by atoms with E-state index in [0.29, 0.717) is 17.2 Å². The number of halogens is 4. The van der Waals surface area contributed by atoms with Gasteiger partial charge in [0.15, 0.2) is 0 Å². The summed E-state index contributed by atoms with van der Waals surface area (Å²) in [5.41, 5.74) is 6.26. The summed E-state index contributed by atoms with van der Waals surface area (Å²) >= 11 is 5.74. The lowest BCUT2D eigenvalue weighted by atomic mass is 9.98. The smallest absolute Gasteiger partial charge is 0.133 e. The molecule has 0 aliphatic carbocycles. The van der Waals surface area contributed by atoms with Crippen molar-refractivity contribution in [2.45, 2.75) is 12.5 Å². The van der Waals surface area contributed by atoms with Crippen LogP contribution in [0.5, 0.6) is 0 Å². The van der Waals surface area contributed by atoms with Gasteiger partial charge in [0, 0.05) is 28.8 Å². The van der Waals surface area contributed by atoms with Gasteiger partial charge in [0.05, 0.1) is 0 Å². The van der Waals surface area contributed by atoms with E-state index in [4.69, 9.17) is 17.3 Å². The molecule has 0 spiro atoms. The first-order valence-corrected chi connectivity index (χ1v) is 5.99. The Kier molecular flexibility index (Phi) is 4.12. The van der Waals surface area contributed by atoms with Crippen LogP contribution >= 0.6 is 11.6 Å². The van der Waals surface area contributed by atoms with Crippen molar-refractivity contribution in [3.63, 3.8) is 0 Å². The van der Waals surface area contributed by atoms with Crippen LogP contribution in [0.25, 0.3) is 0 Å². The molecule has 2 rings (SSSR count). The van der Waals surface area contributed by atoms with Gasteiger partial charge in [-0.05, 0) is 24.1 Å². The zero-order valence-corrected chi connectivity index (χ0v) is 10.6. The Morgan fingerprint density at radius 3 is 2.05 bits per heavy atom. The van der Waals surface area contributed by atoms with Gasteiger partial charge in [-0.2, -0.15) is 0 Å². The van der Waals surface area contributed by atoms with E-state index in [1.54, 1.807) is 24.3 Å². The monoisotopic (exact) mass is 285 g/mol. The minimum atomic E-state index is -0.973. The molecule has 0 bridgehead atoms. The van der Waals surface area contributed by atoms with Gasteiger partial charge in [0.25, 0.3) is 0 Å². The summed E-state index contributed by atoms with van der Waals surface area (Å²) < 4.78 is 39.9. The van der Waals surface area contributed by atoms with Crippen LogP contribution in [0, 0.1) is 17.5 Å². The molecule has 0 saturated carbocycles. The molecule has 0 amide bonds. The molecule has 0 fully saturated rings. The van der Waals surface area contributed by atoms with Gasteiger partial charge in [0.2, 0.25) is 0 Å². The van der Waals surface area contributed by atoms with Crippen LogP contribution in [-0.2, 0) is 6.42 Å². The Balaban J connectivity index is 2.25. The zero-order chi connectivity index (χ0) is 14.0. The fraction of sp³-hybridized carbons (Fsp3) is 0.143. The zero-order valence-electron chi connectivity index (χ0n) is 9.84. The summed E-state index contributed by atoms with van der Waals surface area (Å²) in [4.78, 5) is 0. The predicted molar refractivity (Wildman–Crippen MR) is 68.4 cm³/mol. The van der Waals surface area contributed by atoms with Gasteiger partial charge in [-0.1, -0.05) is 23.7 Å². The van der Waals surface area contributed by atoms with Crippen molar-refractivity contribution in [3.05, 3.63) is 70.0 Å². The second-order valence-corrected chi connectivity index (χ2v) is 4.66. The van der Waals surface area contributed by atoms with Crippen LogP contribution in [0.1, 0.15) is 17.2 Å². The predicted octanol–water partition coefficient (Wildman–Crippen LogP) is 4.00. The van der Waals surface area contributed by atoms with Crippen LogP contribution in [-0.4, -0.2) is 0 Å². The number of hydrogen-bond donors (Lipinski definition) is 1. The number of hydrogen-bond acceptors (Lipinski definition) is 1. The molecule has 0 radical (unpaired) electrons. The molecule has 0 saturated heterocycles. The Morgan fingerprint density at radius 1 is 1.00 bits per heavy atom. The normalized spacial score (nSPS) is 12.5. The van der Waals surface area contributed by atoms with Gasteiger partial charge in [0.1, 0.15) is 17.5 Å². The first kappa shape index (κ1) is 13.9. The lowest BCUT2D eigenvalue weighted by molar-refractivity contribution is 0.501. The van der Waals surface area contributed by atoms with Crippen molar-refractivity contribution >= 4 is 11.6 Å².